The summed E-state index contributed by atoms with van der Waals surface area (Å²) >= 11 is 1.78. The Morgan fingerprint density at radius 2 is 2.13 bits per heavy atom. The highest BCUT2D eigenvalue weighted by atomic mass is 32.1. The highest BCUT2D eigenvalue weighted by molar-refractivity contribution is 7.09. The molecule has 0 atom stereocenters. The summed E-state index contributed by atoms with van der Waals surface area (Å²) in [6.45, 7) is 6.65. The second-order valence-corrected chi connectivity index (χ2v) is 4.96. The van der Waals surface area contributed by atoms with Crippen LogP contribution < -0.4 is 0 Å². The molecule has 0 N–H and O–H groups in total. The lowest BCUT2D eigenvalue weighted by Gasteiger charge is -2.15. The lowest BCUT2D eigenvalue weighted by molar-refractivity contribution is 0.314. The van der Waals surface area contributed by atoms with Gasteiger partial charge in [-0.05, 0) is 26.4 Å². The molecule has 0 aromatic carbocycles. The van der Waals surface area contributed by atoms with Crippen LogP contribution in [0.25, 0.3) is 0 Å². The molecular weight excluding hydrogens is 204 g/mol. The van der Waals surface area contributed by atoms with E-state index in [1.165, 1.54) is 36.4 Å². The molecule has 0 saturated heterocycles. The van der Waals surface area contributed by atoms with Crippen LogP contribution in [-0.4, -0.2) is 23.5 Å². The van der Waals surface area contributed by atoms with Crippen molar-refractivity contribution in [2.75, 3.05) is 13.6 Å². The summed E-state index contributed by atoms with van der Waals surface area (Å²) in [6, 6.07) is 0. The van der Waals surface area contributed by atoms with Crippen molar-refractivity contribution in [1.82, 2.24) is 9.88 Å². The van der Waals surface area contributed by atoms with E-state index in [9.17, 15) is 0 Å². The van der Waals surface area contributed by atoms with E-state index in [0.717, 1.165) is 13.0 Å². The topological polar surface area (TPSA) is 16.1 Å². The van der Waals surface area contributed by atoms with E-state index in [0.29, 0.717) is 0 Å². The number of aryl methyl sites for hydroxylation is 1. The van der Waals surface area contributed by atoms with Crippen LogP contribution in [0.2, 0.25) is 0 Å². The van der Waals surface area contributed by atoms with E-state index in [-0.39, 0.29) is 0 Å². The Labute approximate surface area is 97.3 Å². The molecule has 86 valence electrons. The highest BCUT2D eigenvalue weighted by Crippen LogP contribution is 2.15. The molecule has 0 aliphatic carbocycles. The van der Waals surface area contributed by atoms with Crippen LogP contribution in [0.1, 0.15) is 43.7 Å². The van der Waals surface area contributed by atoms with Crippen LogP contribution in [0, 0.1) is 0 Å². The predicted molar refractivity (Wildman–Crippen MR) is 67.4 cm³/mol. The Morgan fingerprint density at radius 3 is 2.80 bits per heavy atom. The van der Waals surface area contributed by atoms with Gasteiger partial charge in [0.2, 0.25) is 0 Å². The smallest absolute Gasteiger partial charge is 0.0798 e. The van der Waals surface area contributed by atoms with E-state index in [1.807, 2.05) is 5.51 Å². The molecule has 0 bridgehead atoms. The van der Waals surface area contributed by atoms with Gasteiger partial charge in [0.05, 0.1) is 11.2 Å². The Hall–Kier alpha value is -0.410. The van der Waals surface area contributed by atoms with Crippen LogP contribution in [0.5, 0.6) is 0 Å². The lowest BCUT2D eigenvalue weighted by Crippen LogP contribution is -2.19. The van der Waals surface area contributed by atoms with E-state index in [4.69, 9.17) is 0 Å². The first-order valence-electron chi connectivity index (χ1n) is 5.87. The number of unbranched alkanes of at least 4 members (excludes halogenated alkanes) is 2. The van der Waals surface area contributed by atoms with Crippen molar-refractivity contribution in [1.29, 1.82) is 0 Å². The van der Waals surface area contributed by atoms with Crippen molar-refractivity contribution in [3.05, 3.63) is 16.1 Å². The molecule has 0 saturated carbocycles. The minimum Gasteiger partial charge on any atom is -0.301 e. The fourth-order valence-electron chi connectivity index (χ4n) is 1.68. The molecule has 0 amide bonds. The molecule has 1 aromatic rings. The number of hydrogen-bond acceptors (Lipinski definition) is 3. The zero-order valence-corrected chi connectivity index (χ0v) is 10.9. The first kappa shape index (κ1) is 12.7. The van der Waals surface area contributed by atoms with E-state index in [2.05, 4.69) is 30.8 Å². The number of rotatable bonds is 7. The van der Waals surface area contributed by atoms with Gasteiger partial charge in [-0.25, -0.2) is 4.98 Å². The Morgan fingerprint density at radius 1 is 1.33 bits per heavy atom. The van der Waals surface area contributed by atoms with Gasteiger partial charge in [-0.15, -0.1) is 11.3 Å². The Kier molecular flexibility index (Phi) is 5.88. The maximum absolute atomic E-state index is 4.43. The summed E-state index contributed by atoms with van der Waals surface area (Å²) in [6.07, 6.45) is 5.05. The van der Waals surface area contributed by atoms with Gasteiger partial charge in [-0.2, -0.15) is 0 Å². The van der Waals surface area contributed by atoms with Crippen molar-refractivity contribution >= 4 is 11.3 Å². The van der Waals surface area contributed by atoms with E-state index < -0.39 is 0 Å². The van der Waals surface area contributed by atoms with Gasteiger partial charge in [-0.3, -0.25) is 0 Å². The van der Waals surface area contributed by atoms with Crippen LogP contribution in [-0.2, 0) is 13.0 Å². The average molecular weight is 226 g/mol. The first-order chi connectivity index (χ1) is 7.27. The van der Waals surface area contributed by atoms with Gasteiger partial charge in [-0.1, -0.05) is 26.7 Å². The third-order valence-electron chi connectivity index (χ3n) is 2.61. The van der Waals surface area contributed by atoms with Crippen molar-refractivity contribution in [3.63, 3.8) is 0 Å². The zero-order chi connectivity index (χ0) is 11.1. The van der Waals surface area contributed by atoms with E-state index in [1.54, 1.807) is 11.3 Å². The summed E-state index contributed by atoms with van der Waals surface area (Å²) in [5.41, 5.74) is 3.25. The van der Waals surface area contributed by atoms with Gasteiger partial charge in [0.15, 0.2) is 0 Å². The van der Waals surface area contributed by atoms with Crippen LogP contribution in [0.3, 0.4) is 0 Å². The summed E-state index contributed by atoms with van der Waals surface area (Å²) in [4.78, 5) is 8.25. The Bertz CT molecular complexity index is 270. The number of aromatic nitrogens is 1. The minimum atomic E-state index is 1.01. The predicted octanol–water partition coefficient (Wildman–Crippen LogP) is 3.33. The molecule has 0 radical (unpaired) electrons. The Balaban J connectivity index is 2.33. The molecule has 1 heterocycles. The van der Waals surface area contributed by atoms with Crippen LogP contribution >= 0.6 is 11.3 Å². The summed E-state index contributed by atoms with van der Waals surface area (Å²) in [7, 11) is 2.19. The lowest BCUT2D eigenvalue weighted by atomic mass is 10.2. The molecule has 1 aromatic heterocycles. The second-order valence-electron chi connectivity index (χ2n) is 4.02. The molecule has 0 aliphatic heterocycles. The fourth-order valence-corrected chi connectivity index (χ4v) is 2.40. The maximum Gasteiger partial charge on any atom is 0.0798 e. The molecule has 0 aliphatic rings. The summed E-state index contributed by atoms with van der Waals surface area (Å²) < 4.78 is 0. The number of hydrogen-bond donors (Lipinski definition) is 0. The molecular formula is C12H22N2S. The van der Waals surface area contributed by atoms with Crippen molar-refractivity contribution in [2.45, 2.75) is 46.1 Å². The van der Waals surface area contributed by atoms with E-state index >= 15 is 0 Å². The third-order valence-corrected chi connectivity index (χ3v) is 3.63. The molecule has 3 heteroatoms. The molecule has 0 fully saturated rings. The average Bonchev–Trinajstić information content (AvgIpc) is 2.65. The second kappa shape index (κ2) is 6.96. The maximum atomic E-state index is 4.43. The van der Waals surface area contributed by atoms with Crippen molar-refractivity contribution in [2.24, 2.45) is 0 Å². The van der Waals surface area contributed by atoms with Crippen molar-refractivity contribution < 1.29 is 0 Å². The van der Waals surface area contributed by atoms with Crippen LogP contribution in [0.4, 0.5) is 0 Å². The number of thiazole rings is 1. The molecule has 1 rings (SSSR count). The summed E-state index contributed by atoms with van der Waals surface area (Å²) in [5, 5.41) is 0. The highest BCUT2D eigenvalue weighted by Gasteiger charge is 2.06. The first-order valence-corrected chi connectivity index (χ1v) is 6.75. The van der Waals surface area contributed by atoms with Gasteiger partial charge in [0.1, 0.15) is 0 Å². The largest absolute Gasteiger partial charge is 0.301 e. The van der Waals surface area contributed by atoms with Gasteiger partial charge >= 0.3 is 0 Å². The normalized spacial score (nSPS) is 11.2. The zero-order valence-electron chi connectivity index (χ0n) is 10.1. The minimum absolute atomic E-state index is 1.01. The molecule has 15 heavy (non-hydrogen) atoms. The van der Waals surface area contributed by atoms with Gasteiger partial charge < -0.3 is 4.90 Å². The quantitative estimate of drug-likeness (QED) is 0.663. The number of nitrogens with zero attached hydrogens (tertiary/aromatic N) is 2. The fraction of sp³-hybridized carbons (Fsp3) is 0.750. The standard InChI is InChI=1S/C12H22N2S/c1-4-6-7-8-14(3)9-11-12(5-2)15-10-13-11/h10H,4-9H2,1-3H3. The third kappa shape index (κ3) is 4.31. The molecule has 0 unspecified atom stereocenters. The SMILES string of the molecule is CCCCCN(C)Cc1ncsc1CC. The molecule has 0 spiro atoms. The molecule has 2 nitrogen and oxygen atoms in total. The van der Waals surface area contributed by atoms with Gasteiger partial charge in [0, 0.05) is 11.4 Å². The van der Waals surface area contributed by atoms with Gasteiger partial charge in [0.25, 0.3) is 0 Å². The monoisotopic (exact) mass is 226 g/mol. The summed E-state index contributed by atoms with van der Waals surface area (Å²) in [5.74, 6) is 0. The van der Waals surface area contributed by atoms with Crippen LogP contribution in [0.15, 0.2) is 5.51 Å². The van der Waals surface area contributed by atoms with Crippen molar-refractivity contribution in [3.8, 4) is 0 Å².